The summed E-state index contributed by atoms with van der Waals surface area (Å²) in [5.41, 5.74) is 3.21. The molecule has 0 aliphatic carbocycles. The van der Waals surface area contributed by atoms with Gasteiger partial charge in [-0.2, -0.15) is 0 Å². The minimum atomic E-state index is -0.322. The molecule has 2 aromatic carbocycles. The molecule has 0 saturated heterocycles. The molecule has 0 fully saturated rings. The monoisotopic (exact) mass is 397 g/mol. The zero-order chi connectivity index (χ0) is 20.8. The normalized spacial score (nSPS) is 13.3. The lowest BCUT2D eigenvalue weighted by molar-refractivity contribution is -0.119. The van der Waals surface area contributed by atoms with E-state index in [0.717, 1.165) is 30.4 Å². The summed E-state index contributed by atoms with van der Waals surface area (Å²) in [6, 6.07) is 10.8. The van der Waals surface area contributed by atoms with Crippen LogP contribution >= 0.6 is 0 Å². The summed E-state index contributed by atoms with van der Waals surface area (Å²) in [4.78, 5) is 25.1. The lowest BCUT2D eigenvalue weighted by atomic mass is 9.99. The van der Waals surface area contributed by atoms with Crippen LogP contribution in [0.3, 0.4) is 0 Å². The van der Waals surface area contributed by atoms with Crippen molar-refractivity contribution in [2.45, 2.75) is 52.6 Å². The van der Waals surface area contributed by atoms with Crippen LogP contribution in [0.25, 0.3) is 0 Å². The molecule has 1 aliphatic heterocycles. The van der Waals surface area contributed by atoms with Gasteiger partial charge in [0.1, 0.15) is 24.5 Å². The predicted molar refractivity (Wildman–Crippen MR) is 112 cm³/mol. The molecule has 0 aromatic heterocycles. The van der Waals surface area contributed by atoms with Gasteiger partial charge in [0.05, 0.1) is 5.69 Å². The second-order valence-corrected chi connectivity index (χ2v) is 7.93. The quantitative estimate of drug-likeness (QED) is 0.598. The topological polar surface area (TPSA) is 46.6 Å². The van der Waals surface area contributed by atoms with Gasteiger partial charge in [-0.3, -0.25) is 4.79 Å². The molecule has 29 heavy (non-hydrogen) atoms. The Hall–Kier alpha value is -2.69. The zero-order valence-electron chi connectivity index (χ0n) is 17.1. The molecule has 4 nitrogen and oxygen atoms in total. The number of aryl methyl sites for hydroxylation is 2. The van der Waals surface area contributed by atoms with E-state index in [1.54, 1.807) is 6.07 Å². The number of ether oxygens (including phenoxy) is 1. The van der Waals surface area contributed by atoms with Gasteiger partial charge in [-0.1, -0.05) is 38.1 Å². The number of carbonyl (C=O) groups excluding carboxylic acids is 2. The van der Waals surface area contributed by atoms with E-state index in [1.165, 1.54) is 6.07 Å². The Kier molecular flexibility index (Phi) is 7.02. The van der Waals surface area contributed by atoms with E-state index >= 15 is 0 Å². The second-order valence-electron chi connectivity index (χ2n) is 7.93. The summed E-state index contributed by atoms with van der Waals surface area (Å²) in [5, 5.41) is 0. The number of anilines is 1. The fourth-order valence-corrected chi connectivity index (χ4v) is 3.70. The van der Waals surface area contributed by atoms with E-state index in [4.69, 9.17) is 4.74 Å². The number of fused-ring (bicyclic) bond motifs is 1. The Labute approximate surface area is 171 Å². The Morgan fingerprint density at radius 2 is 2.10 bits per heavy atom. The van der Waals surface area contributed by atoms with Crippen LogP contribution in [-0.4, -0.2) is 18.7 Å². The molecule has 0 unspecified atom stereocenters. The van der Waals surface area contributed by atoms with Crippen LogP contribution in [0.5, 0.6) is 5.75 Å². The largest absolute Gasteiger partial charge is 0.487 e. The summed E-state index contributed by atoms with van der Waals surface area (Å²) in [6.45, 7) is 4.99. The molecule has 0 bridgehead atoms. The average molecular weight is 397 g/mol. The average Bonchev–Trinajstić information content (AvgIpc) is 2.70. The van der Waals surface area contributed by atoms with E-state index < -0.39 is 0 Å². The first kappa shape index (κ1) is 21.0. The smallest absolute Gasteiger partial charge is 0.227 e. The van der Waals surface area contributed by atoms with Crippen LogP contribution in [0.1, 0.15) is 49.8 Å². The number of benzene rings is 2. The van der Waals surface area contributed by atoms with Crippen molar-refractivity contribution in [3.8, 4) is 5.75 Å². The number of hydrogen-bond donors (Lipinski definition) is 0. The lowest BCUT2D eigenvalue weighted by Gasteiger charge is -2.31. The van der Waals surface area contributed by atoms with E-state index in [2.05, 4.69) is 0 Å². The second kappa shape index (κ2) is 9.68. The van der Waals surface area contributed by atoms with Crippen LogP contribution in [-0.2, 0) is 29.0 Å². The minimum absolute atomic E-state index is 0.113. The van der Waals surface area contributed by atoms with Gasteiger partial charge in [0.25, 0.3) is 0 Å². The molecule has 5 heteroatoms. The SMILES string of the molecule is CC(C)CC(=O)N1CCCc2cccc(OCc3ccc(CCC=O)c(F)c3)c21. The lowest BCUT2D eigenvalue weighted by Crippen LogP contribution is -2.36. The van der Waals surface area contributed by atoms with Crippen molar-refractivity contribution >= 4 is 17.9 Å². The maximum absolute atomic E-state index is 14.2. The third-order valence-electron chi connectivity index (χ3n) is 5.11. The van der Waals surface area contributed by atoms with Crippen molar-refractivity contribution in [1.29, 1.82) is 0 Å². The Morgan fingerprint density at radius 3 is 2.83 bits per heavy atom. The van der Waals surface area contributed by atoms with Gasteiger partial charge in [-0.15, -0.1) is 0 Å². The van der Waals surface area contributed by atoms with Crippen LogP contribution in [0.4, 0.5) is 10.1 Å². The Morgan fingerprint density at radius 1 is 1.28 bits per heavy atom. The maximum atomic E-state index is 14.2. The van der Waals surface area contributed by atoms with Gasteiger partial charge >= 0.3 is 0 Å². The van der Waals surface area contributed by atoms with Gasteiger partial charge < -0.3 is 14.4 Å². The van der Waals surface area contributed by atoms with Crippen LogP contribution in [0, 0.1) is 11.7 Å². The highest BCUT2D eigenvalue weighted by atomic mass is 19.1. The first-order chi connectivity index (χ1) is 14.0. The van der Waals surface area contributed by atoms with Gasteiger partial charge in [0.2, 0.25) is 5.91 Å². The zero-order valence-corrected chi connectivity index (χ0v) is 17.1. The fraction of sp³-hybridized carbons (Fsp3) is 0.417. The maximum Gasteiger partial charge on any atom is 0.227 e. The van der Waals surface area contributed by atoms with Crippen LogP contribution in [0.15, 0.2) is 36.4 Å². The molecule has 1 aliphatic rings. The van der Waals surface area contributed by atoms with Crippen LogP contribution < -0.4 is 9.64 Å². The molecular formula is C24H28FNO3. The first-order valence-corrected chi connectivity index (χ1v) is 10.3. The molecule has 154 valence electrons. The van der Waals surface area contributed by atoms with Crippen molar-refractivity contribution in [2.75, 3.05) is 11.4 Å². The third-order valence-corrected chi connectivity index (χ3v) is 5.11. The first-order valence-electron chi connectivity index (χ1n) is 10.3. The van der Waals surface area contributed by atoms with Crippen molar-refractivity contribution < 1.29 is 18.7 Å². The molecule has 1 amide bonds. The van der Waals surface area contributed by atoms with Crippen LogP contribution in [0.2, 0.25) is 0 Å². The number of rotatable bonds is 8. The number of hydrogen-bond acceptors (Lipinski definition) is 3. The molecule has 0 spiro atoms. The van der Waals surface area contributed by atoms with E-state index in [0.29, 0.717) is 48.6 Å². The molecule has 3 rings (SSSR count). The highest BCUT2D eigenvalue weighted by Crippen LogP contribution is 2.37. The molecule has 1 heterocycles. The number of aldehydes is 1. The fourth-order valence-electron chi connectivity index (χ4n) is 3.70. The number of carbonyl (C=O) groups is 2. The van der Waals surface area contributed by atoms with E-state index in [9.17, 15) is 14.0 Å². The minimum Gasteiger partial charge on any atom is -0.487 e. The highest BCUT2D eigenvalue weighted by Gasteiger charge is 2.26. The van der Waals surface area contributed by atoms with E-state index in [1.807, 2.05) is 43.0 Å². The Balaban J connectivity index is 1.78. The highest BCUT2D eigenvalue weighted by molar-refractivity contribution is 5.96. The molecule has 0 radical (unpaired) electrons. The molecule has 0 saturated carbocycles. The predicted octanol–water partition coefficient (Wildman–Crippen LogP) is 4.86. The molecular weight excluding hydrogens is 369 g/mol. The number of para-hydroxylation sites is 1. The summed E-state index contributed by atoms with van der Waals surface area (Å²) >= 11 is 0. The molecule has 0 N–H and O–H groups in total. The summed E-state index contributed by atoms with van der Waals surface area (Å²) in [5.74, 6) is 0.741. The summed E-state index contributed by atoms with van der Waals surface area (Å²) in [7, 11) is 0. The number of halogens is 1. The van der Waals surface area contributed by atoms with Gasteiger partial charge in [-0.25, -0.2) is 4.39 Å². The molecule has 0 atom stereocenters. The van der Waals surface area contributed by atoms with Crippen molar-refractivity contribution in [1.82, 2.24) is 0 Å². The molecule has 2 aromatic rings. The van der Waals surface area contributed by atoms with Gasteiger partial charge in [0.15, 0.2) is 0 Å². The Bertz CT molecular complexity index is 878. The van der Waals surface area contributed by atoms with Crippen molar-refractivity contribution in [3.63, 3.8) is 0 Å². The van der Waals surface area contributed by atoms with Crippen molar-refractivity contribution in [3.05, 3.63) is 58.9 Å². The summed E-state index contributed by atoms with van der Waals surface area (Å²) < 4.78 is 20.3. The third kappa shape index (κ3) is 5.22. The number of nitrogens with zero attached hydrogens (tertiary/aromatic N) is 1. The van der Waals surface area contributed by atoms with Gasteiger partial charge in [-0.05, 0) is 54.0 Å². The summed E-state index contributed by atoms with van der Waals surface area (Å²) in [6.07, 6.45) is 3.85. The van der Waals surface area contributed by atoms with Gasteiger partial charge in [0, 0.05) is 19.4 Å². The standard InChI is InChI=1S/C24H28FNO3/c1-17(2)14-23(28)26-12-4-7-20-6-3-9-22(24(20)26)29-16-18-10-11-19(8-5-13-27)21(25)15-18/h3,6,9-11,13,15,17H,4-5,7-8,12,14,16H2,1-2H3. The van der Waals surface area contributed by atoms with Crippen molar-refractivity contribution in [2.24, 2.45) is 5.92 Å². The van der Waals surface area contributed by atoms with E-state index in [-0.39, 0.29) is 18.3 Å². The number of amides is 1.